The van der Waals surface area contributed by atoms with Crippen LogP contribution < -0.4 is 0 Å². The minimum atomic E-state index is -0.812. The van der Waals surface area contributed by atoms with Crippen molar-refractivity contribution in [2.75, 3.05) is 6.61 Å². The summed E-state index contributed by atoms with van der Waals surface area (Å²) in [6.07, 6.45) is 10.9. The molecule has 5 rings (SSSR count). The van der Waals surface area contributed by atoms with E-state index < -0.39 is 5.60 Å². The number of aliphatic hydroxyl groups is 2. The number of aliphatic hydroxyl groups excluding tert-OH is 1. The zero-order valence-electron chi connectivity index (χ0n) is 14.1. The van der Waals surface area contributed by atoms with E-state index in [-0.39, 0.29) is 12.0 Å². The fourth-order valence-electron chi connectivity index (χ4n) is 7.51. The summed E-state index contributed by atoms with van der Waals surface area (Å²) in [5.74, 6) is 2.85. The van der Waals surface area contributed by atoms with Gasteiger partial charge in [0, 0.05) is 6.42 Å². The summed E-state index contributed by atoms with van der Waals surface area (Å²) in [4.78, 5) is 0. The molecule has 0 saturated heterocycles. The lowest BCUT2D eigenvalue weighted by Crippen LogP contribution is -2.51. The fourth-order valence-corrected chi connectivity index (χ4v) is 7.51. The zero-order valence-corrected chi connectivity index (χ0v) is 14.1. The molecule has 1 spiro atoms. The average Bonchev–Trinajstić information content (AvgIpc) is 3.09. The highest BCUT2D eigenvalue weighted by Crippen LogP contribution is 2.71. The number of fused-ring (bicyclic) bond motifs is 5. The van der Waals surface area contributed by atoms with E-state index in [2.05, 4.69) is 13.0 Å². The molecular weight excluding hydrogens is 288 g/mol. The Balaban J connectivity index is 1.56. The van der Waals surface area contributed by atoms with E-state index in [1.807, 2.05) is 6.26 Å². The second kappa shape index (κ2) is 4.43. The molecule has 0 aliphatic heterocycles. The highest BCUT2D eigenvalue weighted by molar-refractivity contribution is 5.31. The van der Waals surface area contributed by atoms with Gasteiger partial charge in [0.2, 0.25) is 0 Å². The quantitative estimate of drug-likeness (QED) is 0.831. The molecule has 1 aromatic rings. The van der Waals surface area contributed by atoms with Gasteiger partial charge in [-0.1, -0.05) is 6.92 Å². The first-order valence-corrected chi connectivity index (χ1v) is 9.40. The molecule has 3 fully saturated rings. The summed E-state index contributed by atoms with van der Waals surface area (Å²) < 4.78 is 5.72. The maximum absolute atomic E-state index is 10.9. The Hall–Kier alpha value is -0.800. The summed E-state index contributed by atoms with van der Waals surface area (Å²) in [6, 6.07) is 2.21. The fraction of sp³-hybridized carbons (Fsp3) is 0.800. The molecule has 2 bridgehead atoms. The van der Waals surface area contributed by atoms with E-state index in [1.54, 1.807) is 0 Å². The van der Waals surface area contributed by atoms with Crippen LogP contribution in [0.15, 0.2) is 16.7 Å². The molecule has 23 heavy (non-hydrogen) atoms. The van der Waals surface area contributed by atoms with Crippen LogP contribution in [0.3, 0.4) is 0 Å². The first-order chi connectivity index (χ1) is 11.0. The van der Waals surface area contributed by atoms with Gasteiger partial charge < -0.3 is 14.6 Å². The minimum Gasteiger partial charge on any atom is -0.469 e. The standard InChI is InChI=1S/C20H28O3/c1-18-7-5-16-14(6-9-23-16)15(18)4-8-19-10-13(2-3-17(18)19)20(22,11-19)12-21/h6,9,13,15,17,21-22H,2-5,7-8,10-12H2,1H3/t13-,15+,17-,18-,19+,20-/m1/s1. The second-order valence-electron chi connectivity index (χ2n) is 9.23. The van der Waals surface area contributed by atoms with Crippen molar-refractivity contribution >= 4 is 0 Å². The van der Waals surface area contributed by atoms with Crippen molar-refractivity contribution in [1.82, 2.24) is 0 Å². The van der Waals surface area contributed by atoms with Gasteiger partial charge in [0.1, 0.15) is 5.76 Å². The topological polar surface area (TPSA) is 53.6 Å². The van der Waals surface area contributed by atoms with Crippen molar-refractivity contribution in [2.45, 2.75) is 69.8 Å². The summed E-state index contributed by atoms with van der Waals surface area (Å²) in [5.41, 5.74) is 1.26. The first-order valence-electron chi connectivity index (χ1n) is 9.40. The Morgan fingerprint density at radius 1 is 1.26 bits per heavy atom. The maximum Gasteiger partial charge on any atom is 0.107 e. The third kappa shape index (κ3) is 1.68. The monoisotopic (exact) mass is 316 g/mol. The van der Waals surface area contributed by atoms with Gasteiger partial charge in [0.15, 0.2) is 0 Å². The third-order valence-corrected chi connectivity index (χ3v) is 8.46. The lowest BCUT2D eigenvalue weighted by Gasteiger charge is -2.59. The molecule has 0 amide bonds. The van der Waals surface area contributed by atoms with Crippen LogP contribution in [0.4, 0.5) is 0 Å². The van der Waals surface area contributed by atoms with Gasteiger partial charge in [-0.05, 0) is 85.2 Å². The molecule has 2 N–H and O–H groups in total. The van der Waals surface area contributed by atoms with E-state index >= 15 is 0 Å². The van der Waals surface area contributed by atoms with E-state index in [1.165, 1.54) is 37.0 Å². The molecule has 126 valence electrons. The number of hydrogen-bond donors (Lipinski definition) is 2. The van der Waals surface area contributed by atoms with E-state index in [9.17, 15) is 10.2 Å². The van der Waals surface area contributed by atoms with Crippen LogP contribution in [0.2, 0.25) is 0 Å². The third-order valence-electron chi connectivity index (χ3n) is 8.46. The number of furan rings is 1. The van der Waals surface area contributed by atoms with E-state index in [4.69, 9.17) is 4.42 Å². The summed E-state index contributed by atoms with van der Waals surface area (Å²) in [7, 11) is 0. The van der Waals surface area contributed by atoms with Crippen molar-refractivity contribution in [3.05, 3.63) is 23.7 Å². The van der Waals surface area contributed by atoms with E-state index in [0.717, 1.165) is 25.7 Å². The van der Waals surface area contributed by atoms with Crippen LogP contribution in [0.1, 0.15) is 69.1 Å². The van der Waals surface area contributed by atoms with Crippen LogP contribution in [0.25, 0.3) is 0 Å². The Bertz CT molecular complexity index is 637. The number of aryl methyl sites for hydroxylation is 1. The molecule has 0 radical (unpaired) electrons. The van der Waals surface area contributed by atoms with Crippen molar-refractivity contribution in [3.63, 3.8) is 0 Å². The zero-order chi connectivity index (χ0) is 15.9. The highest BCUT2D eigenvalue weighted by atomic mass is 16.3. The summed E-state index contributed by atoms with van der Waals surface area (Å²) in [5, 5.41) is 20.7. The lowest BCUT2D eigenvalue weighted by molar-refractivity contribution is -0.0727. The molecule has 6 atom stereocenters. The molecule has 4 aliphatic carbocycles. The van der Waals surface area contributed by atoms with Crippen LogP contribution in [0.5, 0.6) is 0 Å². The number of rotatable bonds is 1. The molecule has 0 aromatic carbocycles. The van der Waals surface area contributed by atoms with Crippen molar-refractivity contribution in [1.29, 1.82) is 0 Å². The summed E-state index contributed by atoms with van der Waals surface area (Å²) in [6.45, 7) is 2.45. The van der Waals surface area contributed by atoms with Crippen LogP contribution >= 0.6 is 0 Å². The molecule has 3 nitrogen and oxygen atoms in total. The largest absolute Gasteiger partial charge is 0.469 e. The van der Waals surface area contributed by atoms with Gasteiger partial charge in [-0.2, -0.15) is 0 Å². The Labute approximate surface area is 138 Å². The van der Waals surface area contributed by atoms with Gasteiger partial charge in [0.25, 0.3) is 0 Å². The summed E-state index contributed by atoms with van der Waals surface area (Å²) >= 11 is 0. The molecule has 0 unspecified atom stereocenters. The highest BCUT2D eigenvalue weighted by Gasteiger charge is 2.65. The van der Waals surface area contributed by atoms with Gasteiger partial charge in [0.05, 0.1) is 18.5 Å². The predicted octanol–water partition coefficient (Wildman–Crippen LogP) is 3.64. The molecule has 3 saturated carbocycles. The van der Waals surface area contributed by atoms with Crippen LogP contribution in [0, 0.1) is 22.7 Å². The van der Waals surface area contributed by atoms with Gasteiger partial charge in [-0.25, -0.2) is 0 Å². The van der Waals surface area contributed by atoms with Crippen molar-refractivity contribution < 1.29 is 14.6 Å². The Kier molecular flexibility index (Phi) is 2.80. The molecular formula is C20H28O3. The molecule has 1 aromatic heterocycles. The van der Waals surface area contributed by atoms with Gasteiger partial charge >= 0.3 is 0 Å². The van der Waals surface area contributed by atoms with Crippen molar-refractivity contribution in [2.24, 2.45) is 22.7 Å². The molecule has 3 heteroatoms. The first kappa shape index (κ1) is 14.5. The number of hydrogen-bond acceptors (Lipinski definition) is 3. The van der Waals surface area contributed by atoms with Crippen molar-refractivity contribution in [3.8, 4) is 0 Å². The predicted molar refractivity (Wildman–Crippen MR) is 87.0 cm³/mol. The van der Waals surface area contributed by atoms with Gasteiger partial charge in [-0.15, -0.1) is 0 Å². The molecule has 4 aliphatic rings. The Morgan fingerprint density at radius 2 is 2.13 bits per heavy atom. The van der Waals surface area contributed by atoms with Gasteiger partial charge in [-0.3, -0.25) is 0 Å². The van der Waals surface area contributed by atoms with Crippen LogP contribution in [-0.4, -0.2) is 22.4 Å². The lowest BCUT2D eigenvalue weighted by atomic mass is 9.45. The smallest absolute Gasteiger partial charge is 0.107 e. The SMILES string of the molecule is C[C@@]12CCc3occc3[C@@H]1CC[C@@]13C[C@@H](CC[C@@H]12)[C@](O)(CO)C3. The average molecular weight is 316 g/mol. The normalized spacial score (nSPS) is 51.0. The van der Waals surface area contributed by atoms with E-state index in [0.29, 0.717) is 23.2 Å². The molecule has 1 heterocycles. The second-order valence-corrected chi connectivity index (χ2v) is 9.23. The minimum absolute atomic E-state index is 0.0574. The Morgan fingerprint density at radius 3 is 2.96 bits per heavy atom. The maximum atomic E-state index is 10.9. The van der Waals surface area contributed by atoms with Crippen LogP contribution in [-0.2, 0) is 6.42 Å².